The minimum atomic E-state index is -0.678. The fourth-order valence-electron chi connectivity index (χ4n) is 4.66. The van der Waals surface area contributed by atoms with Crippen LogP contribution in [0, 0.1) is 18.8 Å². The molecule has 10 heteroatoms. The van der Waals surface area contributed by atoms with Gasteiger partial charge in [0.15, 0.2) is 0 Å². The van der Waals surface area contributed by atoms with Gasteiger partial charge >= 0.3 is 0 Å². The van der Waals surface area contributed by atoms with Crippen molar-refractivity contribution in [2.75, 3.05) is 13.1 Å². The molecule has 5 N–H and O–H groups in total. The number of nitrogens with two attached hydrogens (primary N) is 1. The number of amides is 4. The van der Waals surface area contributed by atoms with E-state index >= 15 is 0 Å². The smallest absolute Gasteiger partial charge is 0.270 e. The summed E-state index contributed by atoms with van der Waals surface area (Å²) in [5.41, 5.74) is 7.98. The first kappa shape index (κ1) is 28.4. The number of hydrogen-bond acceptors (Lipinski definition) is 6. The lowest BCUT2D eigenvalue weighted by atomic mass is 9.82. The number of nitrogens with zero attached hydrogens (tertiary/aromatic N) is 2. The van der Waals surface area contributed by atoms with Crippen LogP contribution in [0.4, 0.5) is 0 Å². The maximum Gasteiger partial charge on any atom is 0.270 e. The second-order valence-corrected chi connectivity index (χ2v) is 10.2. The molecule has 1 saturated carbocycles. The Kier molecular flexibility index (Phi) is 9.56. The minimum Gasteiger partial charge on any atom is -0.364 e. The van der Waals surface area contributed by atoms with E-state index in [4.69, 9.17) is 5.73 Å². The lowest BCUT2D eigenvalue weighted by molar-refractivity contribution is 0.0914. The van der Waals surface area contributed by atoms with E-state index in [2.05, 4.69) is 25.9 Å². The molecule has 0 unspecified atom stereocenters. The van der Waals surface area contributed by atoms with Crippen LogP contribution in [-0.2, 0) is 6.54 Å². The normalized spacial score (nSPS) is 16.5. The van der Waals surface area contributed by atoms with Crippen LogP contribution in [0.25, 0.3) is 0 Å². The molecule has 208 valence electrons. The molecule has 1 fully saturated rings. The topological polar surface area (TPSA) is 156 Å². The molecular weight excluding hydrogens is 508 g/mol. The van der Waals surface area contributed by atoms with E-state index in [0.29, 0.717) is 31.5 Å². The molecule has 0 aliphatic heterocycles. The van der Waals surface area contributed by atoms with Crippen molar-refractivity contribution in [1.29, 1.82) is 0 Å². The SMILES string of the molecule is Cc1ccc(CNC(=O)c2cccc(C(=O)NCC3CCC(CNC(=O)c4cccc(C(N)=O)n4)CC3)n2)cc1. The number of nitrogens with one attached hydrogen (secondary N) is 3. The molecule has 1 aliphatic rings. The predicted molar refractivity (Wildman–Crippen MR) is 149 cm³/mol. The molecule has 0 bridgehead atoms. The van der Waals surface area contributed by atoms with Gasteiger partial charge in [0.05, 0.1) is 0 Å². The molecule has 0 atom stereocenters. The zero-order chi connectivity index (χ0) is 28.5. The molecule has 4 rings (SSSR count). The van der Waals surface area contributed by atoms with Crippen molar-refractivity contribution in [3.05, 3.63) is 94.6 Å². The zero-order valence-electron chi connectivity index (χ0n) is 22.5. The van der Waals surface area contributed by atoms with Crippen molar-refractivity contribution in [2.45, 2.75) is 39.2 Å². The number of pyridine rings is 2. The van der Waals surface area contributed by atoms with Gasteiger partial charge in [-0.25, -0.2) is 9.97 Å². The number of carbonyl (C=O) groups excluding carboxylic acids is 4. The van der Waals surface area contributed by atoms with Crippen LogP contribution in [0.2, 0.25) is 0 Å². The van der Waals surface area contributed by atoms with Crippen LogP contribution in [-0.4, -0.2) is 46.7 Å². The lowest BCUT2D eigenvalue weighted by Gasteiger charge is -2.28. The van der Waals surface area contributed by atoms with E-state index < -0.39 is 5.91 Å². The van der Waals surface area contributed by atoms with Gasteiger partial charge in [0, 0.05) is 19.6 Å². The summed E-state index contributed by atoms with van der Waals surface area (Å²) < 4.78 is 0. The Bertz CT molecular complexity index is 1370. The van der Waals surface area contributed by atoms with Crippen molar-refractivity contribution in [3.63, 3.8) is 0 Å². The van der Waals surface area contributed by atoms with Crippen molar-refractivity contribution in [3.8, 4) is 0 Å². The quantitative estimate of drug-likeness (QED) is 0.309. The van der Waals surface area contributed by atoms with Gasteiger partial charge in [-0.05, 0) is 74.3 Å². The summed E-state index contributed by atoms with van der Waals surface area (Å²) in [7, 11) is 0. The Morgan fingerprint density at radius 1 is 0.675 bits per heavy atom. The number of benzene rings is 1. The van der Waals surface area contributed by atoms with Gasteiger partial charge in [-0.3, -0.25) is 19.2 Å². The number of hydrogen-bond donors (Lipinski definition) is 4. The van der Waals surface area contributed by atoms with Crippen molar-refractivity contribution < 1.29 is 19.2 Å². The van der Waals surface area contributed by atoms with E-state index in [0.717, 1.165) is 36.8 Å². The second kappa shape index (κ2) is 13.5. The average molecular weight is 543 g/mol. The molecule has 0 spiro atoms. The Labute approximate surface area is 233 Å². The molecule has 1 aromatic carbocycles. The Morgan fingerprint density at radius 2 is 1.10 bits per heavy atom. The van der Waals surface area contributed by atoms with Gasteiger partial charge in [-0.1, -0.05) is 42.0 Å². The van der Waals surface area contributed by atoms with Crippen LogP contribution in [0.3, 0.4) is 0 Å². The van der Waals surface area contributed by atoms with E-state index in [1.54, 1.807) is 30.3 Å². The molecule has 40 heavy (non-hydrogen) atoms. The first-order valence-electron chi connectivity index (χ1n) is 13.4. The fourth-order valence-corrected chi connectivity index (χ4v) is 4.66. The van der Waals surface area contributed by atoms with Gasteiger partial charge < -0.3 is 21.7 Å². The highest BCUT2D eigenvalue weighted by Gasteiger charge is 2.23. The highest BCUT2D eigenvalue weighted by Crippen LogP contribution is 2.28. The first-order chi connectivity index (χ1) is 19.3. The summed E-state index contributed by atoms with van der Waals surface area (Å²) >= 11 is 0. The molecular formula is C30H34N6O4. The maximum absolute atomic E-state index is 12.7. The summed E-state index contributed by atoms with van der Waals surface area (Å²) in [5.74, 6) is -1.01. The van der Waals surface area contributed by atoms with Crippen LogP contribution < -0.4 is 21.7 Å². The molecule has 2 aromatic heterocycles. The summed E-state index contributed by atoms with van der Waals surface area (Å²) in [6.45, 7) is 3.42. The Balaban J connectivity index is 1.18. The first-order valence-corrected chi connectivity index (χ1v) is 13.4. The highest BCUT2D eigenvalue weighted by molar-refractivity contribution is 5.96. The summed E-state index contributed by atoms with van der Waals surface area (Å²) in [6, 6.07) is 17.3. The van der Waals surface area contributed by atoms with Crippen LogP contribution >= 0.6 is 0 Å². The predicted octanol–water partition coefficient (Wildman–Crippen LogP) is 2.78. The fraction of sp³-hybridized carbons (Fsp3) is 0.333. The number of rotatable bonds is 10. The third-order valence-corrected chi connectivity index (χ3v) is 7.09. The average Bonchev–Trinajstić information content (AvgIpc) is 2.98. The highest BCUT2D eigenvalue weighted by atomic mass is 16.2. The van der Waals surface area contributed by atoms with E-state index in [9.17, 15) is 19.2 Å². The number of aryl methyl sites for hydroxylation is 1. The van der Waals surface area contributed by atoms with Gasteiger partial charge in [-0.15, -0.1) is 0 Å². The van der Waals surface area contributed by atoms with E-state index in [-0.39, 0.29) is 40.5 Å². The largest absolute Gasteiger partial charge is 0.364 e. The van der Waals surface area contributed by atoms with Gasteiger partial charge in [0.2, 0.25) is 0 Å². The monoisotopic (exact) mass is 542 g/mol. The zero-order valence-corrected chi connectivity index (χ0v) is 22.5. The second-order valence-electron chi connectivity index (χ2n) is 10.2. The van der Waals surface area contributed by atoms with Gasteiger partial charge in [0.25, 0.3) is 23.6 Å². The van der Waals surface area contributed by atoms with Crippen molar-refractivity contribution in [1.82, 2.24) is 25.9 Å². The van der Waals surface area contributed by atoms with Crippen LogP contribution in [0.5, 0.6) is 0 Å². The van der Waals surface area contributed by atoms with Crippen molar-refractivity contribution >= 4 is 23.6 Å². The molecule has 2 heterocycles. The Morgan fingerprint density at radius 3 is 1.57 bits per heavy atom. The summed E-state index contributed by atoms with van der Waals surface area (Å²) in [5, 5.41) is 8.68. The maximum atomic E-state index is 12.7. The van der Waals surface area contributed by atoms with Gasteiger partial charge in [-0.2, -0.15) is 0 Å². The molecule has 4 amide bonds. The molecule has 3 aromatic rings. The molecule has 0 radical (unpaired) electrons. The van der Waals surface area contributed by atoms with Crippen LogP contribution in [0.15, 0.2) is 60.7 Å². The number of aromatic nitrogens is 2. The van der Waals surface area contributed by atoms with E-state index in [1.807, 2.05) is 31.2 Å². The third-order valence-electron chi connectivity index (χ3n) is 7.09. The minimum absolute atomic E-state index is 0.0542. The molecule has 10 nitrogen and oxygen atoms in total. The Hall–Kier alpha value is -4.60. The van der Waals surface area contributed by atoms with Gasteiger partial charge in [0.1, 0.15) is 22.8 Å². The molecule has 1 aliphatic carbocycles. The van der Waals surface area contributed by atoms with Crippen LogP contribution in [0.1, 0.15) is 78.8 Å². The van der Waals surface area contributed by atoms with E-state index in [1.165, 1.54) is 6.07 Å². The number of carbonyl (C=O) groups is 4. The lowest BCUT2D eigenvalue weighted by Crippen LogP contribution is -2.35. The van der Waals surface area contributed by atoms with Crippen molar-refractivity contribution in [2.24, 2.45) is 17.6 Å². The molecule has 0 saturated heterocycles. The standard InChI is InChI=1S/C30H34N6O4/c1-19-8-10-20(11-9-19)16-32-29(39)25-6-3-7-26(36-25)30(40)34-18-22-14-12-21(13-15-22)17-33-28(38)24-5-2-4-23(35-24)27(31)37/h2-11,21-22H,12-18H2,1H3,(H2,31,37)(H,32,39)(H,33,38)(H,34,40). The summed E-state index contributed by atoms with van der Waals surface area (Å²) in [4.78, 5) is 57.2. The summed E-state index contributed by atoms with van der Waals surface area (Å²) in [6.07, 6.45) is 3.69. The number of primary amides is 1. The third kappa shape index (κ3) is 7.95.